The third-order valence-electron chi connectivity index (χ3n) is 4.96. The van der Waals surface area contributed by atoms with Crippen molar-refractivity contribution in [2.45, 2.75) is 0 Å². The van der Waals surface area contributed by atoms with Gasteiger partial charge in [-0.15, -0.1) is 0 Å². The van der Waals surface area contributed by atoms with E-state index < -0.39 is 45.7 Å². The molecule has 2 aliphatic rings. The molecule has 0 amide bonds. The first-order valence-electron chi connectivity index (χ1n) is 8.21. The van der Waals surface area contributed by atoms with E-state index in [1.54, 1.807) is 18.2 Å². The predicted molar refractivity (Wildman–Crippen MR) is 92.3 cm³/mol. The van der Waals surface area contributed by atoms with Crippen LogP contribution in [0.4, 0.5) is 13.2 Å². The van der Waals surface area contributed by atoms with E-state index in [-0.39, 0.29) is 17.4 Å². The number of halogens is 3. The van der Waals surface area contributed by atoms with Crippen molar-refractivity contribution in [2.24, 2.45) is 0 Å². The van der Waals surface area contributed by atoms with Crippen LogP contribution < -0.4 is 0 Å². The molecule has 1 aromatic heterocycles. The van der Waals surface area contributed by atoms with E-state index in [1.165, 1.54) is 18.3 Å². The number of aromatic hydroxyl groups is 1. The van der Waals surface area contributed by atoms with Crippen molar-refractivity contribution in [3.63, 3.8) is 0 Å². The number of carbonyl (C=O) groups excluding carboxylic acids is 2. The Morgan fingerprint density at radius 1 is 0.786 bits per heavy atom. The van der Waals surface area contributed by atoms with Crippen LogP contribution in [0.3, 0.4) is 0 Å². The Morgan fingerprint density at radius 3 is 2.29 bits per heavy atom. The van der Waals surface area contributed by atoms with Gasteiger partial charge in [0.2, 0.25) is 11.6 Å². The van der Waals surface area contributed by atoms with Crippen LogP contribution in [0.1, 0.15) is 31.8 Å². The van der Waals surface area contributed by atoms with Gasteiger partial charge in [0.15, 0.2) is 11.6 Å². The van der Waals surface area contributed by atoms with Gasteiger partial charge >= 0.3 is 0 Å². The molecule has 1 heterocycles. The Labute approximate surface area is 155 Å². The number of hydrogen-bond donors (Lipinski definition) is 1. The molecule has 0 saturated heterocycles. The number of hydrogen-bond acceptors (Lipinski definition) is 4. The first-order valence-corrected chi connectivity index (χ1v) is 8.21. The Morgan fingerprint density at radius 2 is 1.50 bits per heavy atom. The summed E-state index contributed by atoms with van der Waals surface area (Å²) >= 11 is 0. The summed E-state index contributed by atoms with van der Waals surface area (Å²) in [5.41, 5.74) is -0.721. The summed E-state index contributed by atoms with van der Waals surface area (Å²) in [6.07, 6.45) is 1.48. The Balaban J connectivity index is 1.91. The Hall–Kier alpha value is -3.74. The molecular weight excluding hydrogens is 371 g/mol. The number of aromatic nitrogens is 1. The highest BCUT2D eigenvalue weighted by atomic mass is 19.2. The molecule has 4 nitrogen and oxygen atoms in total. The highest BCUT2D eigenvalue weighted by Gasteiger charge is 2.44. The Kier molecular flexibility index (Phi) is 3.16. The number of allylic oxidation sites excluding steroid dienone is 1. The molecule has 0 spiro atoms. The summed E-state index contributed by atoms with van der Waals surface area (Å²) in [4.78, 5) is 30.0. The van der Waals surface area contributed by atoms with Crippen molar-refractivity contribution in [2.75, 3.05) is 0 Å². The third kappa shape index (κ3) is 1.87. The van der Waals surface area contributed by atoms with Crippen molar-refractivity contribution in [1.29, 1.82) is 0 Å². The fourth-order valence-electron chi connectivity index (χ4n) is 3.83. The number of nitrogens with zero attached hydrogens (tertiary/aromatic N) is 1. The van der Waals surface area contributed by atoms with Crippen LogP contribution in [0.5, 0.6) is 5.75 Å². The Bertz CT molecular complexity index is 1290. The number of benzene rings is 2. The lowest BCUT2D eigenvalue weighted by molar-refractivity contribution is 0.0988. The minimum atomic E-state index is -1.56. The van der Waals surface area contributed by atoms with E-state index in [2.05, 4.69) is 4.98 Å². The maximum atomic E-state index is 14.2. The van der Waals surface area contributed by atoms with Crippen molar-refractivity contribution in [1.82, 2.24) is 4.98 Å². The van der Waals surface area contributed by atoms with Gasteiger partial charge in [0.1, 0.15) is 11.6 Å². The second-order valence-corrected chi connectivity index (χ2v) is 6.41. The number of Topliss-reactive ketones (excluding diaryl/α,β-unsaturated/α-hetero) is 2. The molecule has 7 heteroatoms. The lowest BCUT2D eigenvalue weighted by atomic mass is 9.95. The summed E-state index contributed by atoms with van der Waals surface area (Å²) in [5.74, 6) is -6.66. The van der Waals surface area contributed by atoms with Crippen LogP contribution in [0.2, 0.25) is 0 Å². The van der Waals surface area contributed by atoms with Gasteiger partial charge in [-0.1, -0.05) is 18.2 Å². The van der Waals surface area contributed by atoms with Crippen molar-refractivity contribution < 1.29 is 27.9 Å². The molecule has 1 N–H and O–H groups in total. The number of phenolic OH excluding ortho intramolecular Hbond substituents is 1. The van der Waals surface area contributed by atoms with Gasteiger partial charge in [-0.3, -0.25) is 14.6 Å². The van der Waals surface area contributed by atoms with Gasteiger partial charge in [0, 0.05) is 23.4 Å². The highest BCUT2D eigenvalue weighted by molar-refractivity contribution is 6.44. The molecule has 5 rings (SSSR count). The zero-order valence-corrected chi connectivity index (χ0v) is 13.9. The van der Waals surface area contributed by atoms with E-state index in [4.69, 9.17) is 0 Å². The minimum Gasteiger partial charge on any atom is -0.507 e. The van der Waals surface area contributed by atoms with E-state index in [0.29, 0.717) is 22.4 Å². The number of rotatable bonds is 0. The van der Waals surface area contributed by atoms with Gasteiger partial charge < -0.3 is 5.11 Å². The van der Waals surface area contributed by atoms with Gasteiger partial charge in [0.25, 0.3) is 0 Å². The summed E-state index contributed by atoms with van der Waals surface area (Å²) in [6, 6.07) is 7.90. The van der Waals surface area contributed by atoms with Gasteiger partial charge in [-0.25, -0.2) is 13.2 Å². The van der Waals surface area contributed by atoms with Crippen molar-refractivity contribution >= 4 is 17.1 Å². The first-order chi connectivity index (χ1) is 13.4. The number of phenols is 1. The van der Waals surface area contributed by atoms with Gasteiger partial charge in [-0.05, 0) is 17.7 Å². The second-order valence-electron chi connectivity index (χ2n) is 6.41. The van der Waals surface area contributed by atoms with E-state index in [0.717, 1.165) is 0 Å². The van der Waals surface area contributed by atoms with Crippen LogP contribution >= 0.6 is 0 Å². The third-order valence-corrected chi connectivity index (χ3v) is 4.96. The minimum absolute atomic E-state index is 0.111. The molecule has 3 aromatic rings. The second kappa shape index (κ2) is 5.39. The maximum absolute atomic E-state index is 14.2. The van der Waals surface area contributed by atoms with Gasteiger partial charge in [0.05, 0.1) is 28.0 Å². The molecule has 0 unspecified atom stereocenters. The zero-order chi connectivity index (χ0) is 19.7. The molecule has 2 aromatic carbocycles. The van der Waals surface area contributed by atoms with Gasteiger partial charge in [-0.2, -0.15) is 0 Å². The van der Waals surface area contributed by atoms with Crippen LogP contribution in [0.15, 0.2) is 48.2 Å². The van der Waals surface area contributed by atoms with Crippen LogP contribution in [0.25, 0.3) is 16.8 Å². The molecule has 0 saturated carbocycles. The molecule has 0 radical (unpaired) electrons. The van der Waals surface area contributed by atoms with Crippen molar-refractivity contribution in [3.8, 4) is 17.0 Å². The van der Waals surface area contributed by atoms with E-state index in [9.17, 15) is 27.9 Å². The average Bonchev–Trinajstić information content (AvgIpc) is 3.13. The molecule has 136 valence electrons. The van der Waals surface area contributed by atoms with Crippen LogP contribution in [0, 0.1) is 17.5 Å². The molecule has 0 aliphatic heterocycles. The molecule has 28 heavy (non-hydrogen) atoms. The standard InChI is InChI=1S/C21H8F3NO3/c22-10-7-11(23)18(24)16-15(10)20(27)17(21(16)28)13-8-3-1-5-12(26)14(8)19-9(13)4-2-6-25-19/h1-7,26H/b17-13-. The fourth-order valence-corrected chi connectivity index (χ4v) is 3.83. The largest absolute Gasteiger partial charge is 0.507 e. The number of carbonyl (C=O) groups is 2. The number of ketones is 2. The summed E-state index contributed by atoms with van der Waals surface area (Å²) in [5, 5.41) is 10.3. The normalized spacial score (nSPS) is 17.0. The molecular formula is C21H8F3NO3. The predicted octanol–water partition coefficient (Wildman–Crippen LogP) is 4.07. The van der Waals surface area contributed by atoms with Crippen molar-refractivity contribution in [3.05, 3.63) is 87.9 Å². The molecule has 2 aliphatic carbocycles. The summed E-state index contributed by atoms with van der Waals surface area (Å²) in [6.45, 7) is 0. The topological polar surface area (TPSA) is 67.3 Å². The monoisotopic (exact) mass is 379 g/mol. The SMILES string of the molecule is O=C1/C(=C2/c3cccnc3-c3c(O)cccc32)C(=O)c2c(F)c(F)cc(F)c21. The highest BCUT2D eigenvalue weighted by Crippen LogP contribution is 2.50. The fraction of sp³-hybridized carbons (Fsp3) is 0. The van der Waals surface area contributed by atoms with Crippen LogP contribution in [-0.2, 0) is 0 Å². The quantitative estimate of drug-likeness (QED) is 0.284. The lowest BCUT2D eigenvalue weighted by Gasteiger charge is -2.06. The van der Waals surface area contributed by atoms with E-state index in [1.807, 2.05) is 0 Å². The zero-order valence-electron chi connectivity index (χ0n) is 13.9. The van der Waals surface area contributed by atoms with Crippen LogP contribution in [-0.4, -0.2) is 21.7 Å². The number of fused-ring (bicyclic) bond motifs is 4. The average molecular weight is 379 g/mol. The molecule has 0 fully saturated rings. The first kappa shape index (κ1) is 16.4. The summed E-state index contributed by atoms with van der Waals surface area (Å²) in [7, 11) is 0. The lowest BCUT2D eigenvalue weighted by Crippen LogP contribution is -2.05. The molecule has 0 atom stereocenters. The summed E-state index contributed by atoms with van der Waals surface area (Å²) < 4.78 is 42.1. The smallest absolute Gasteiger partial charge is 0.201 e. The maximum Gasteiger partial charge on any atom is 0.201 e. The molecule has 0 bridgehead atoms. The number of pyridine rings is 1. The van der Waals surface area contributed by atoms with E-state index >= 15 is 0 Å².